The zero-order chi connectivity index (χ0) is 13.8. The molecule has 18 heavy (non-hydrogen) atoms. The molecule has 1 atom stereocenters. The van der Waals surface area contributed by atoms with Crippen LogP contribution in [0.15, 0.2) is 24.3 Å². The average Bonchev–Trinajstić information content (AvgIpc) is 2.34. The summed E-state index contributed by atoms with van der Waals surface area (Å²) >= 11 is 0. The molecule has 1 aromatic carbocycles. The van der Waals surface area contributed by atoms with E-state index in [-0.39, 0.29) is 11.3 Å². The molecule has 0 spiro atoms. The predicted octanol–water partition coefficient (Wildman–Crippen LogP) is 1.78. The van der Waals surface area contributed by atoms with Crippen LogP contribution < -0.4 is 4.74 Å². The second-order valence-electron chi connectivity index (χ2n) is 3.39. The first-order valence-corrected chi connectivity index (χ1v) is 4.90. The minimum Gasteiger partial charge on any atom is -0.491 e. The van der Waals surface area contributed by atoms with Gasteiger partial charge in [0.2, 0.25) is 0 Å². The van der Waals surface area contributed by atoms with Crippen molar-refractivity contribution in [1.82, 2.24) is 0 Å². The molecule has 0 radical (unpaired) electrons. The highest BCUT2D eigenvalue weighted by molar-refractivity contribution is 5.89. The molecule has 0 fully saturated rings. The van der Waals surface area contributed by atoms with Gasteiger partial charge in [0, 0.05) is 0 Å². The van der Waals surface area contributed by atoms with Crippen LogP contribution in [0.25, 0.3) is 0 Å². The lowest BCUT2D eigenvalue weighted by atomic mass is 10.2. The number of aliphatic hydroxyl groups is 1. The Labute approximate surface area is 101 Å². The number of aliphatic hydroxyl groups excluding tert-OH is 1. The Hall–Kier alpha value is -1.76. The van der Waals surface area contributed by atoms with E-state index in [4.69, 9.17) is 9.84 Å². The highest BCUT2D eigenvalue weighted by atomic mass is 19.4. The molecule has 1 N–H and O–H groups in total. The number of carbonyl (C=O) groups is 1. The molecule has 0 heterocycles. The second-order valence-corrected chi connectivity index (χ2v) is 3.39. The zero-order valence-electron chi connectivity index (χ0n) is 9.40. The summed E-state index contributed by atoms with van der Waals surface area (Å²) in [4.78, 5) is 11.2. The van der Waals surface area contributed by atoms with Gasteiger partial charge < -0.3 is 14.6 Å². The minimum atomic E-state index is -4.74. The highest BCUT2D eigenvalue weighted by Crippen LogP contribution is 2.21. The van der Waals surface area contributed by atoms with Gasteiger partial charge >= 0.3 is 12.1 Å². The Morgan fingerprint density at radius 1 is 1.44 bits per heavy atom. The Bertz CT molecular complexity index is 417. The van der Waals surface area contributed by atoms with E-state index in [1.165, 1.54) is 31.4 Å². The van der Waals surface area contributed by atoms with Crippen molar-refractivity contribution in [1.29, 1.82) is 0 Å². The summed E-state index contributed by atoms with van der Waals surface area (Å²) in [5, 5.41) is 8.73. The molecule has 0 unspecified atom stereocenters. The van der Waals surface area contributed by atoms with Crippen LogP contribution in [0.3, 0.4) is 0 Å². The van der Waals surface area contributed by atoms with Gasteiger partial charge in [-0.1, -0.05) is 6.07 Å². The second kappa shape index (κ2) is 5.72. The number of hydrogen-bond donors (Lipinski definition) is 1. The fraction of sp³-hybridized carbons (Fsp3) is 0.364. The SMILES string of the molecule is COC(=O)c1cccc(OC[C@@H](O)C(F)(F)F)c1. The van der Waals surface area contributed by atoms with Crippen LogP contribution >= 0.6 is 0 Å². The van der Waals surface area contributed by atoms with Crippen molar-refractivity contribution in [2.24, 2.45) is 0 Å². The smallest absolute Gasteiger partial charge is 0.417 e. The fourth-order valence-corrected chi connectivity index (χ4v) is 1.10. The molecular weight excluding hydrogens is 253 g/mol. The van der Waals surface area contributed by atoms with E-state index >= 15 is 0 Å². The largest absolute Gasteiger partial charge is 0.491 e. The van der Waals surface area contributed by atoms with Gasteiger partial charge in [0.15, 0.2) is 6.10 Å². The standard InChI is InChI=1S/C11H11F3O4/c1-17-10(16)7-3-2-4-8(5-7)18-6-9(15)11(12,13)14/h2-5,9,15H,6H2,1H3/t9-/m1/s1. The molecule has 0 aromatic heterocycles. The molecule has 4 nitrogen and oxygen atoms in total. The first kappa shape index (κ1) is 14.3. The molecule has 0 aliphatic carbocycles. The summed E-state index contributed by atoms with van der Waals surface area (Å²) in [6, 6.07) is 5.46. The predicted molar refractivity (Wildman–Crippen MR) is 55.3 cm³/mol. The number of carbonyl (C=O) groups excluding carboxylic acids is 1. The van der Waals surface area contributed by atoms with Crippen LogP contribution in [0.5, 0.6) is 5.75 Å². The number of esters is 1. The topological polar surface area (TPSA) is 55.8 Å². The van der Waals surface area contributed by atoms with Gasteiger partial charge in [-0.3, -0.25) is 0 Å². The fourth-order valence-electron chi connectivity index (χ4n) is 1.10. The zero-order valence-corrected chi connectivity index (χ0v) is 9.40. The van der Waals surface area contributed by atoms with Crippen molar-refractivity contribution >= 4 is 5.97 Å². The van der Waals surface area contributed by atoms with Gasteiger partial charge in [-0.2, -0.15) is 13.2 Å². The Morgan fingerprint density at radius 3 is 2.67 bits per heavy atom. The monoisotopic (exact) mass is 264 g/mol. The maximum absolute atomic E-state index is 12.0. The van der Waals surface area contributed by atoms with Gasteiger partial charge in [0.25, 0.3) is 0 Å². The lowest BCUT2D eigenvalue weighted by Gasteiger charge is -2.15. The van der Waals surface area contributed by atoms with Crippen molar-refractivity contribution in [3.8, 4) is 5.75 Å². The lowest BCUT2D eigenvalue weighted by Crippen LogP contribution is -2.34. The van der Waals surface area contributed by atoms with Crippen LogP contribution in [0, 0.1) is 0 Å². The average molecular weight is 264 g/mol. The van der Waals surface area contributed by atoms with E-state index in [1.54, 1.807) is 0 Å². The minimum absolute atomic E-state index is 0.0428. The summed E-state index contributed by atoms with van der Waals surface area (Å²) in [6.45, 7) is -0.936. The van der Waals surface area contributed by atoms with Crippen molar-refractivity contribution in [2.45, 2.75) is 12.3 Å². The maximum Gasteiger partial charge on any atom is 0.417 e. The summed E-state index contributed by atoms with van der Waals surface area (Å²) in [5.74, 6) is -0.585. The van der Waals surface area contributed by atoms with Gasteiger partial charge in [-0.15, -0.1) is 0 Å². The molecule has 0 saturated heterocycles. The number of halogens is 3. The first-order chi connectivity index (χ1) is 8.34. The van der Waals surface area contributed by atoms with E-state index in [2.05, 4.69) is 4.74 Å². The van der Waals surface area contributed by atoms with Crippen LogP contribution in [0.4, 0.5) is 13.2 Å². The van der Waals surface area contributed by atoms with E-state index in [0.29, 0.717) is 0 Å². The summed E-state index contributed by atoms with van der Waals surface area (Å²) in [6.07, 6.45) is -7.31. The van der Waals surface area contributed by atoms with Crippen LogP contribution in [-0.4, -0.2) is 37.1 Å². The Morgan fingerprint density at radius 2 is 2.11 bits per heavy atom. The Balaban J connectivity index is 2.66. The van der Waals surface area contributed by atoms with E-state index in [9.17, 15) is 18.0 Å². The summed E-state index contributed by atoms with van der Waals surface area (Å²) in [7, 11) is 1.18. The van der Waals surface area contributed by atoms with E-state index < -0.39 is 24.9 Å². The molecule has 7 heteroatoms. The third kappa shape index (κ3) is 3.92. The molecule has 0 aliphatic heterocycles. The van der Waals surface area contributed by atoms with E-state index in [0.717, 1.165) is 0 Å². The van der Waals surface area contributed by atoms with Crippen LogP contribution in [0.2, 0.25) is 0 Å². The van der Waals surface area contributed by atoms with Gasteiger partial charge in [-0.05, 0) is 18.2 Å². The third-order valence-electron chi connectivity index (χ3n) is 2.04. The molecule has 0 aliphatic rings. The molecule has 100 valence electrons. The summed E-state index contributed by atoms with van der Waals surface area (Å²) < 4.78 is 45.2. The third-order valence-corrected chi connectivity index (χ3v) is 2.04. The van der Waals surface area contributed by atoms with Gasteiger partial charge in [0.05, 0.1) is 12.7 Å². The van der Waals surface area contributed by atoms with Crippen molar-refractivity contribution in [2.75, 3.05) is 13.7 Å². The van der Waals surface area contributed by atoms with Crippen LogP contribution in [-0.2, 0) is 4.74 Å². The molecule has 0 amide bonds. The number of benzene rings is 1. The molecule has 0 saturated carbocycles. The lowest BCUT2D eigenvalue weighted by molar-refractivity contribution is -0.210. The van der Waals surface area contributed by atoms with E-state index in [1.807, 2.05) is 0 Å². The molecule has 0 bridgehead atoms. The van der Waals surface area contributed by atoms with Crippen molar-refractivity contribution in [3.63, 3.8) is 0 Å². The number of hydrogen-bond acceptors (Lipinski definition) is 4. The summed E-state index contributed by atoms with van der Waals surface area (Å²) in [5.41, 5.74) is 0.150. The number of methoxy groups -OCH3 is 1. The van der Waals surface area contributed by atoms with Crippen molar-refractivity contribution < 1.29 is 32.5 Å². The van der Waals surface area contributed by atoms with Gasteiger partial charge in [0.1, 0.15) is 12.4 Å². The molecular formula is C11H11F3O4. The number of ether oxygens (including phenoxy) is 2. The number of rotatable bonds is 4. The van der Waals surface area contributed by atoms with Crippen LogP contribution in [0.1, 0.15) is 10.4 Å². The van der Waals surface area contributed by atoms with Crippen molar-refractivity contribution in [3.05, 3.63) is 29.8 Å². The Kier molecular flexibility index (Phi) is 4.55. The first-order valence-electron chi connectivity index (χ1n) is 4.90. The molecule has 1 aromatic rings. The maximum atomic E-state index is 12.0. The van der Waals surface area contributed by atoms with Gasteiger partial charge in [-0.25, -0.2) is 4.79 Å². The number of alkyl halides is 3. The highest BCUT2D eigenvalue weighted by Gasteiger charge is 2.38. The molecule has 1 rings (SSSR count). The quantitative estimate of drug-likeness (QED) is 0.842. The normalized spacial score (nSPS) is 12.9.